The second kappa shape index (κ2) is 4.10. The summed E-state index contributed by atoms with van der Waals surface area (Å²) in [6.45, 7) is 0. The molecule has 4 nitrogen and oxygen atoms in total. The highest BCUT2D eigenvalue weighted by Gasteiger charge is 2.13. The lowest BCUT2D eigenvalue weighted by molar-refractivity contribution is 0.439. The molecule has 0 heterocycles. The van der Waals surface area contributed by atoms with E-state index in [2.05, 4.69) is 4.18 Å². The monoisotopic (exact) mass is 327 g/mol. The molecule has 1 aromatic rings. The average molecular weight is 327 g/mol. The molecule has 0 aliphatic rings. The van der Waals surface area contributed by atoms with Crippen LogP contribution >= 0.6 is 22.6 Å². The standard InChI is InChI=1S/C7H3FINO3S/c8-14(11,12)13-7-2-1-6(9)3-5(7)4-10/h1-3H. The van der Waals surface area contributed by atoms with E-state index in [-0.39, 0.29) is 11.3 Å². The molecular formula is C7H3FINO3S. The topological polar surface area (TPSA) is 67.2 Å². The van der Waals surface area contributed by atoms with Crippen molar-refractivity contribution < 1.29 is 16.5 Å². The molecule has 0 saturated carbocycles. The van der Waals surface area contributed by atoms with Crippen molar-refractivity contribution in [2.45, 2.75) is 0 Å². The van der Waals surface area contributed by atoms with Gasteiger partial charge in [-0.3, -0.25) is 0 Å². The Labute approximate surface area is 93.9 Å². The number of hydrogen-bond acceptors (Lipinski definition) is 4. The van der Waals surface area contributed by atoms with Crippen molar-refractivity contribution in [2.75, 3.05) is 0 Å². The lowest BCUT2D eigenvalue weighted by Crippen LogP contribution is -2.02. The van der Waals surface area contributed by atoms with Gasteiger partial charge in [0, 0.05) is 3.57 Å². The van der Waals surface area contributed by atoms with Crippen LogP contribution in [-0.4, -0.2) is 8.42 Å². The van der Waals surface area contributed by atoms with Gasteiger partial charge in [-0.1, -0.05) is 3.89 Å². The highest BCUT2D eigenvalue weighted by Crippen LogP contribution is 2.22. The molecule has 0 bridgehead atoms. The van der Waals surface area contributed by atoms with Crippen LogP contribution < -0.4 is 4.18 Å². The predicted octanol–water partition coefficient (Wildman–Crippen LogP) is 1.76. The number of nitrogens with zero attached hydrogens (tertiary/aromatic N) is 1. The Hall–Kier alpha value is -0.880. The molecule has 1 rings (SSSR count). The summed E-state index contributed by atoms with van der Waals surface area (Å²) in [5.74, 6) is -0.310. The van der Waals surface area contributed by atoms with Crippen molar-refractivity contribution in [1.82, 2.24) is 0 Å². The quantitative estimate of drug-likeness (QED) is 0.613. The van der Waals surface area contributed by atoms with E-state index in [0.29, 0.717) is 0 Å². The lowest BCUT2D eigenvalue weighted by atomic mass is 10.2. The molecule has 1 aromatic carbocycles. The fraction of sp³-hybridized carbons (Fsp3) is 0. The molecule has 0 atom stereocenters. The van der Waals surface area contributed by atoms with Gasteiger partial charge in [0.2, 0.25) is 0 Å². The molecule has 0 fully saturated rings. The first-order chi connectivity index (χ1) is 6.42. The minimum atomic E-state index is -5.08. The zero-order chi connectivity index (χ0) is 10.8. The Kier molecular flexibility index (Phi) is 3.28. The summed E-state index contributed by atoms with van der Waals surface area (Å²) in [4.78, 5) is 0. The summed E-state index contributed by atoms with van der Waals surface area (Å²) < 4.78 is 37.1. The summed E-state index contributed by atoms with van der Waals surface area (Å²) >= 11 is 1.93. The number of nitriles is 1. The van der Waals surface area contributed by atoms with Crippen LogP contribution in [0.3, 0.4) is 0 Å². The smallest absolute Gasteiger partial charge is 0.357 e. The van der Waals surface area contributed by atoms with Gasteiger partial charge in [-0.05, 0) is 40.8 Å². The molecule has 0 spiro atoms. The van der Waals surface area contributed by atoms with Crippen LogP contribution in [0.1, 0.15) is 5.56 Å². The second-order valence-electron chi connectivity index (χ2n) is 2.23. The van der Waals surface area contributed by atoms with Crippen LogP contribution in [0.4, 0.5) is 3.89 Å². The molecule has 0 N–H and O–H groups in total. The first-order valence-corrected chi connectivity index (χ1v) is 5.65. The molecule has 7 heteroatoms. The highest BCUT2D eigenvalue weighted by molar-refractivity contribution is 14.1. The molecule has 0 aromatic heterocycles. The first kappa shape index (κ1) is 11.2. The van der Waals surface area contributed by atoms with Crippen LogP contribution in [-0.2, 0) is 10.5 Å². The van der Waals surface area contributed by atoms with Crippen molar-refractivity contribution in [3.8, 4) is 11.8 Å². The Morgan fingerprint density at radius 1 is 1.50 bits per heavy atom. The molecule has 14 heavy (non-hydrogen) atoms. The fourth-order valence-corrected chi connectivity index (χ4v) is 1.62. The van der Waals surface area contributed by atoms with Gasteiger partial charge in [0.1, 0.15) is 6.07 Å². The van der Waals surface area contributed by atoms with E-state index in [1.54, 1.807) is 6.07 Å². The van der Waals surface area contributed by atoms with E-state index >= 15 is 0 Å². The normalized spacial score (nSPS) is 10.6. The van der Waals surface area contributed by atoms with Crippen molar-refractivity contribution >= 4 is 33.1 Å². The van der Waals surface area contributed by atoms with Gasteiger partial charge in [0.25, 0.3) is 0 Å². The second-order valence-corrected chi connectivity index (χ2v) is 4.43. The molecule has 0 amide bonds. The van der Waals surface area contributed by atoms with Crippen LogP contribution in [0, 0.1) is 14.9 Å². The number of rotatable bonds is 2. The van der Waals surface area contributed by atoms with Crippen LogP contribution in [0.2, 0.25) is 0 Å². The summed E-state index contributed by atoms with van der Waals surface area (Å²) in [5, 5.41) is 8.59. The van der Waals surface area contributed by atoms with Crippen molar-refractivity contribution in [1.29, 1.82) is 5.26 Å². The van der Waals surface area contributed by atoms with Crippen LogP contribution in [0.25, 0.3) is 0 Å². The van der Waals surface area contributed by atoms with E-state index in [1.165, 1.54) is 18.2 Å². The van der Waals surface area contributed by atoms with E-state index in [9.17, 15) is 12.3 Å². The number of hydrogen-bond donors (Lipinski definition) is 0. The van der Waals surface area contributed by atoms with Gasteiger partial charge in [0.05, 0.1) is 5.56 Å². The zero-order valence-electron chi connectivity index (χ0n) is 6.57. The van der Waals surface area contributed by atoms with Crippen LogP contribution in [0.5, 0.6) is 5.75 Å². The van der Waals surface area contributed by atoms with E-state index in [1.807, 2.05) is 22.6 Å². The molecule has 74 valence electrons. The van der Waals surface area contributed by atoms with E-state index in [4.69, 9.17) is 5.26 Å². The van der Waals surface area contributed by atoms with Crippen LogP contribution in [0.15, 0.2) is 18.2 Å². The summed E-state index contributed by atoms with van der Waals surface area (Å²) in [5.41, 5.74) is -0.0295. The SMILES string of the molecule is N#Cc1cc(I)ccc1OS(=O)(=O)F. The zero-order valence-corrected chi connectivity index (χ0v) is 9.54. The molecule has 0 aliphatic heterocycles. The van der Waals surface area contributed by atoms with Gasteiger partial charge >= 0.3 is 10.5 Å². The Balaban J connectivity index is 3.17. The fourth-order valence-electron chi connectivity index (χ4n) is 0.769. The van der Waals surface area contributed by atoms with E-state index in [0.717, 1.165) is 3.57 Å². The maximum Gasteiger partial charge on any atom is 0.488 e. The summed E-state index contributed by atoms with van der Waals surface area (Å²) in [6.07, 6.45) is 0. The third kappa shape index (κ3) is 3.12. The average Bonchev–Trinajstić information content (AvgIpc) is 2.06. The van der Waals surface area contributed by atoms with Gasteiger partial charge < -0.3 is 4.18 Å². The van der Waals surface area contributed by atoms with Gasteiger partial charge in [-0.25, -0.2) is 0 Å². The molecule has 0 aliphatic carbocycles. The highest BCUT2D eigenvalue weighted by atomic mass is 127. The van der Waals surface area contributed by atoms with E-state index < -0.39 is 10.5 Å². The van der Waals surface area contributed by atoms with Crippen molar-refractivity contribution in [2.24, 2.45) is 0 Å². The maximum atomic E-state index is 12.1. The summed E-state index contributed by atoms with van der Waals surface area (Å²) in [6, 6.07) is 5.81. The van der Waals surface area contributed by atoms with Crippen molar-refractivity contribution in [3.05, 3.63) is 27.3 Å². The van der Waals surface area contributed by atoms with Crippen molar-refractivity contribution in [3.63, 3.8) is 0 Å². The number of halogens is 2. The minimum Gasteiger partial charge on any atom is -0.357 e. The molecular weight excluding hydrogens is 324 g/mol. The lowest BCUT2D eigenvalue weighted by Gasteiger charge is -2.01. The van der Waals surface area contributed by atoms with Gasteiger partial charge in [-0.15, -0.1) is 0 Å². The largest absolute Gasteiger partial charge is 0.488 e. The Morgan fingerprint density at radius 2 is 2.14 bits per heavy atom. The first-order valence-electron chi connectivity index (χ1n) is 3.26. The Bertz CT molecular complexity index is 494. The number of benzene rings is 1. The summed E-state index contributed by atoms with van der Waals surface area (Å²) in [7, 11) is -5.08. The molecule has 0 saturated heterocycles. The Morgan fingerprint density at radius 3 is 2.64 bits per heavy atom. The predicted molar refractivity (Wildman–Crippen MR) is 54.5 cm³/mol. The molecule has 0 radical (unpaired) electrons. The van der Waals surface area contributed by atoms with Gasteiger partial charge in [0.15, 0.2) is 5.75 Å². The minimum absolute atomic E-state index is 0.0295. The molecule has 0 unspecified atom stereocenters. The third-order valence-electron chi connectivity index (χ3n) is 1.25. The maximum absolute atomic E-state index is 12.1. The van der Waals surface area contributed by atoms with Gasteiger partial charge in [-0.2, -0.15) is 13.7 Å². The third-order valence-corrected chi connectivity index (χ3v) is 2.30.